The molecule has 1 aliphatic rings. The molecular formula is C16H20N4O3. The molecule has 1 atom stereocenters. The number of pyridine rings is 1. The summed E-state index contributed by atoms with van der Waals surface area (Å²) in [6.07, 6.45) is 2.85. The molecule has 122 valence electrons. The van der Waals surface area contributed by atoms with Crippen LogP contribution in [0, 0.1) is 6.92 Å². The van der Waals surface area contributed by atoms with Gasteiger partial charge in [-0.25, -0.2) is 14.5 Å². The minimum Gasteiger partial charge on any atom is -0.480 e. The summed E-state index contributed by atoms with van der Waals surface area (Å²) in [4.78, 5) is 30.2. The predicted molar refractivity (Wildman–Crippen MR) is 84.3 cm³/mol. The average molecular weight is 316 g/mol. The number of aromatic nitrogens is 3. The van der Waals surface area contributed by atoms with E-state index in [-0.39, 0.29) is 11.9 Å². The number of hydrogen-bond acceptors (Lipinski definition) is 4. The summed E-state index contributed by atoms with van der Waals surface area (Å²) in [5.41, 5.74) is 1.86. The van der Waals surface area contributed by atoms with Gasteiger partial charge in [-0.05, 0) is 39.7 Å². The fourth-order valence-electron chi connectivity index (χ4n) is 3.12. The second kappa shape index (κ2) is 5.64. The minimum atomic E-state index is -0.948. The van der Waals surface area contributed by atoms with Crippen LogP contribution in [-0.4, -0.2) is 49.2 Å². The van der Waals surface area contributed by atoms with Gasteiger partial charge < -0.3 is 10.0 Å². The average Bonchev–Trinajstić information content (AvgIpc) is 3.11. The van der Waals surface area contributed by atoms with Crippen molar-refractivity contribution in [1.29, 1.82) is 0 Å². The number of carboxylic acid groups (broad SMARTS) is 1. The molecule has 0 saturated carbocycles. The van der Waals surface area contributed by atoms with E-state index in [2.05, 4.69) is 10.1 Å². The lowest BCUT2D eigenvalue weighted by molar-refractivity contribution is -0.141. The topological polar surface area (TPSA) is 88.3 Å². The third-order valence-corrected chi connectivity index (χ3v) is 4.21. The van der Waals surface area contributed by atoms with Crippen molar-refractivity contribution in [3.63, 3.8) is 0 Å². The SMILES string of the molecule is Cc1cc(C(=O)N2CCC[C@@H]2C(=O)O)c2cnn(C(C)C)c2n1. The highest BCUT2D eigenvalue weighted by atomic mass is 16.4. The lowest BCUT2D eigenvalue weighted by Crippen LogP contribution is -2.40. The monoisotopic (exact) mass is 316 g/mol. The first-order valence-corrected chi connectivity index (χ1v) is 7.78. The van der Waals surface area contributed by atoms with E-state index in [0.717, 1.165) is 0 Å². The van der Waals surface area contributed by atoms with Crippen molar-refractivity contribution in [3.8, 4) is 0 Å². The summed E-state index contributed by atoms with van der Waals surface area (Å²) in [7, 11) is 0. The van der Waals surface area contributed by atoms with Crippen LogP contribution in [0.5, 0.6) is 0 Å². The van der Waals surface area contributed by atoms with Gasteiger partial charge in [-0.1, -0.05) is 0 Å². The van der Waals surface area contributed by atoms with Crippen molar-refractivity contribution < 1.29 is 14.7 Å². The van der Waals surface area contributed by atoms with Gasteiger partial charge in [0, 0.05) is 18.3 Å². The van der Waals surface area contributed by atoms with Crippen LogP contribution in [0.2, 0.25) is 0 Å². The molecule has 0 radical (unpaired) electrons. The van der Waals surface area contributed by atoms with Gasteiger partial charge in [0.05, 0.1) is 17.1 Å². The molecule has 0 unspecified atom stereocenters. The van der Waals surface area contributed by atoms with E-state index in [1.54, 1.807) is 16.9 Å². The molecule has 7 heteroatoms. The number of rotatable bonds is 3. The fraction of sp³-hybridized carbons (Fsp3) is 0.500. The Labute approximate surface area is 133 Å². The van der Waals surface area contributed by atoms with E-state index in [1.165, 1.54) is 4.90 Å². The van der Waals surface area contributed by atoms with E-state index in [1.807, 2.05) is 20.8 Å². The normalized spacial score (nSPS) is 18.1. The lowest BCUT2D eigenvalue weighted by Gasteiger charge is -2.22. The maximum Gasteiger partial charge on any atom is 0.326 e. The van der Waals surface area contributed by atoms with Gasteiger partial charge >= 0.3 is 5.97 Å². The Morgan fingerprint density at radius 3 is 2.78 bits per heavy atom. The standard InChI is InChI=1S/C16H20N4O3/c1-9(2)20-14-12(8-17-20)11(7-10(3)18-14)15(21)19-6-4-5-13(19)16(22)23/h7-9,13H,4-6H2,1-3H3,(H,22,23)/t13-/m1/s1. The molecule has 1 amide bonds. The molecule has 0 aliphatic carbocycles. The molecule has 2 aromatic rings. The number of amides is 1. The van der Waals surface area contributed by atoms with Gasteiger partial charge in [0.1, 0.15) is 6.04 Å². The summed E-state index contributed by atoms with van der Waals surface area (Å²) >= 11 is 0. The Morgan fingerprint density at radius 1 is 1.39 bits per heavy atom. The first-order valence-electron chi connectivity index (χ1n) is 7.78. The highest BCUT2D eigenvalue weighted by Gasteiger charge is 2.35. The van der Waals surface area contributed by atoms with Crippen molar-refractivity contribution in [2.24, 2.45) is 0 Å². The van der Waals surface area contributed by atoms with Crippen LogP contribution in [0.1, 0.15) is 48.8 Å². The van der Waals surface area contributed by atoms with Crippen LogP contribution in [0.25, 0.3) is 11.0 Å². The van der Waals surface area contributed by atoms with Crippen LogP contribution in [0.15, 0.2) is 12.3 Å². The van der Waals surface area contributed by atoms with E-state index < -0.39 is 12.0 Å². The van der Waals surface area contributed by atoms with Crippen molar-refractivity contribution in [2.75, 3.05) is 6.54 Å². The van der Waals surface area contributed by atoms with Crippen molar-refractivity contribution in [3.05, 3.63) is 23.5 Å². The zero-order valence-electron chi connectivity index (χ0n) is 13.5. The zero-order chi connectivity index (χ0) is 16.7. The van der Waals surface area contributed by atoms with Crippen LogP contribution in [0.3, 0.4) is 0 Å². The number of aliphatic carboxylic acids is 1. The fourth-order valence-corrected chi connectivity index (χ4v) is 3.12. The molecule has 23 heavy (non-hydrogen) atoms. The molecule has 1 N–H and O–H groups in total. The molecule has 1 saturated heterocycles. The van der Waals surface area contributed by atoms with Gasteiger partial charge in [-0.15, -0.1) is 0 Å². The van der Waals surface area contributed by atoms with Gasteiger partial charge in [-0.2, -0.15) is 5.10 Å². The molecule has 2 aromatic heterocycles. The Balaban J connectivity index is 2.09. The number of fused-ring (bicyclic) bond motifs is 1. The largest absolute Gasteiger partial charge is 0.480 e. The zero-order valence-corrected chi connectivity index (χ0v) is 13.5. The predicted octanol–water partition coefficient (Wildman–Crippen LogP) is 2.01. The first-order chi connectivity index (χ1) is 10.9. The molecule has 3 rings (SSSR count). The number of hydrogen-bond donors (Lipinski definition) is 1. The van der Waals surface area contributed by atoms with Crippen LogP contribution >= 0.6 is 0 Å². The van der Waals surface area contributed by atoms with E-state index in [4.69, 9.17) is 0 Å². The van der Waals surface area contributed by atoms with E-state index in [9.17, 15) is 14.7 Å². The summed E-state index contributed by atoms with van der Waals surface area (Å²) in [5, 5.41) is 14.3. The molecular weight excluding hydrogens is 296 g/mol. The second-order valence-corrected chi connectivity index (χ2v) is 6.23. The Morgan fingerprint density at radius 2 is 2.13 bits per heavy atom. The number of carboxylic acids is 1. The molecule has 0 spiro atoms. The Hall–Kier alpha value is -2.44. The number of carbonyl (C=O) groups excluding carboxylic acids is 1. The maximum absolute atomic E-state index is 12.9. The maximum atomic E-state index is 12.9. The molecule has 7 nitrogen and oxygen atoms in total. The highest BCUT2D eigenvalue weighted by molar-refractivity contribution is 6.06. The summed E-state index contributed by atoms with van der Waals surface area (Å²) in [6.45, 7) is 6.29. The summed E-state index contributed by atoms with van der Waals surface area (Å²) in [6, 6.07) is 1.10. The molecule has 1 fully saturated rings. The van der Waals surface area contributed by atoms with E-state index in [0.29, 0.717) is 41.7 Å². The van der Waals surface area contributed by atoms with Gasteiger partial charge in [-0.3, -0.25) is 4.79 Å². The van der Waals surface area contributed by atoms with E-state index >= 15 is 0 Å². The number of carbonyl (C=O) groups is 2. The lowest BCUT2D eigenvalue weighted by atomic mass is 10.1. The minimum absolute atomic E-state index is 0.128. The van der Waals surface area contributed by atoms with Crippen molar-refractivity contribution in [2.45, 2.75) is 45.7 Å². The number of nitrogens with zero attached hydrogens (tertiary/aromatic N) is 4. The van der Waals surface area contributed by atoms with Crippen LogP contribution < -0.4 is 0 Å². The van der Waals surface area contributed by atoms with Crippen molar-refractivity contribution in [1.82, 2.24) is 19.7 Å². The van der Waals surface area contributed by atoms with Gasteiger partial charge in [0.25, 0.3) is 5.91 Å². The summed E-state index contributed by atoms with van der Waals surface area (Å²) < 4.78 is 1.78. The van der Waals surface area contributed by atoms with Crippen LogP contribution in [-0.2, 0) is 4.79 Å². The Kier molecular flexibility index (Phi) is 3.79. The van der Waals surface area contributed by atoms with Gasteiger partial charge in [0.2, 0.25) is 0 Å². The third-order valence-electron chi connectivity index (χ3n) is 4.21. The smallest absolute Gasteiger partial charge is 0.326 e. The Bertz CT molecular complexity index is 781. The van der Waals surface area contributed by atoms with Crippen molar-refractivity contribution >= 4 is 22.9 Å². The van der Waals surface area contributed by atoms with Crippen LogP contribution in [0.4, 0.5) is 0 Å². The molecule has 3 heterocycles. The second-order valence-electron chi connectivity index (χ2n) is 6.23. The third kappa shape index (κ3) is 2.56. The molecule has 1 aliphatic heterocycles. The molecule has 0 aromatic carbocycles. The quantitative estimate of drug-likeness (QED) is 0.935. The molecule has 0 bridgehead atoms. The number of aryl methyl sites for hydroxylation is 1. The highest BCUT2D eigenvalue weighted by Crippen LogP contribution is 2.26. The first kappa shape index (κ1) is 15.5. The van der Waals surface area contributed by atoms with Gasteiger partial charge in [0.15, 0.2) is 5.65 Å². The summed E-state index contributed by atoms with van der Waals surface area (Å²) in [5.74, 6) is -1.20. The number of likely N-dealkylation sites (tertiary alicyclic amines) is 1.